The molecule has 1 atom stereocenters. The van der Waals surface area contributed by atoms with E-state index in [0.717, 1.165) is 6.54 Å². The van der Waals surface area contributed by atoms with Gasteiger partial charge in [0.05, 0.1) is 0 Å². The Balaban J connectivity index is 2.67. The van der Waals surface area contributed by atoms with Gasteiger partial charge in [-0.2, -0.15) is 0 Å². The Morgan fingerprint density at radius 3 is 2.23 bits per heavy atom. The van der Waals surface area contributed by atoms with Crippen LogP contribution in [-0.2, 0) is 0 Å². The molecule has 0 N–H and O–H groups in total. The molecule has 1 rings (SSSR count). The van der Waals surface area contributed by atoms with Gasteiger partial charge in [-0.1, -0.05) is 37.3 Å². The molecule has 0 aliphatic rings. The summed E-state index contributed by atoms with van der Waals surface area (Å²) in [5.41, 5.74) is 1.46. The smallest absolute Gasteiger partial charge is 0.00441 e. The zero-order chi connectivity index (χ0) is 9.68. The highest BCUT2D eigenvalue weighted by atomic mass is 15.1. The molecule has 0 saturated carbocycles. The molecule has 0 radical (unpaired) electrons. The summed E-state index contributed by atoms with van der Waals surface area (Å²) in [6.45, 7) is 3.39. The second-order valence-corrected chi connectivity index (χ2v) is 3.78. The SMILES string of the molecule is CC[C@H](CN(C)C)c1ccccc1. The molecule has 0 aromatic heterocycles. The molecule has 13 heavy (non-hydrogen) atoms. The highest BCUT2D eigenvalue weighted by molar-refractivity contribution is 5.19. The first kappa shape index (κ1) is 10.3. The van der Waals surface area contributed by atoms with Gasteiger partial charge in [-0.3, -0.25) is 0 Å². The van der Waals surface area contributed by atoms with E-state index >= 15 is 0 Å². The summed E-state index contributed by atoms with van der Waals surface area (Å²) in [7, 11) is 4.26. The summed E-state index contributed by atoms with van der Waals surface area (Å²) in [6, 6.07) is 10.8. The topological polar surface area (TPSA) is 3.24 Å². The predicted octanol–water partition coefficient (Wildman–Crippen LogP) is 2.74. The molecule has 0 unspecified atom stereocenters. The van der Waals surface area contributed by atoms with Crippen molar-refractivity contribution in [3.05, 3.63) is 35.9 Å². The Morgan fingerprint density at radius 2 is 1.77 bits per heavy atom. The van der Waals surface area contributed by atoms with Gasteiger partial charge in [0.15, 0.2) is 0 Å². The number of rotatable bonds is 4. The minimum absolute atomic E-state index is 0.677. The van der Waals surface area contributed by atoms with E-state index in [0.29, 0.717) is 5.92 Å². The van der Waals surface area contributed by atoms with Crippen LogP contribution >= 0.6 is 0 Å². The van der Waals surface area contributed by atoms with Crippen LogP contribution in [0.15, 0.2) is 30.3 Å². The molecular weight excluding hydrogens is 158 g/mol. The van der Waals surface area contributed by atoms with Crippen LogP contribution in [0, 0.1) is 0 Å². The summed E-state index contributed by atoms with van der Waals surface area (Å²) in [5.74, 6) is 0.677. The fourth-order valence-electron chi connectivity index (χ4n) is 1.64. The van der Waals surface area contributed by atoms with E-state index in [9.17, 15) is 0 Å². The monoisotopic (exact) mass is 177 g/mol. The Kier molecular flexibility index (Phi) is 3.97. The van der Waals surface area contributed by atoms with Crippen LogP contribution in [0.4, 0.5) is 0 Å². The van der Waals surface area contributed by atoms with Crippen molar-refractivity contribution in [1.29, 1.82) is 0 Å². The third-order valence-electron chi connectivity index (χ3n) is 2.35. The number of hydrogen-bond acceptors (Lipinski definition) is 1. The maximum atomic E-state index is 2.25. The highest BCUT2D eigenvalue weighted by Gasteiger charge is 2.08. The standard InChI is InChI=1S/C12H19N/c1-4-11(10-13(2)3)12-8-6-5-7-9-12/h5-9,11H,4,10H2,1-3H3/t11-/m1/s1. The van der Waals surface area contributed by atoms with Crippen LogP contribution in [0.5, 0.6) is 0 Å². The second-order valence-electron chi connectivity index (χ2n) is 3.78. The van der Waals surface area contributed by atoms with E-state index in [-0.39, 0.29) is 0 Å². The number of nitrogens with zero attached hydrogens (tertiary/aromatic N) is 1. The zero-order valence-electron chi connectivity index (χ0n) is 8.83. The molecule has 72 valence electrons. The van der Waals surface area contributed by atoms with Gasteiger partial charge in [-0.15, -0.1) is 0 Å². The first-order valence-corrected chi connectivity index (χ1v) is 4.93. The molecule has 1 aromatic rings. The molecule has 0 amide bonds. The molecule has 0 aliphatic carbocycles. The quantitative estimate of drug-likeness (QED) is 0.683. The zero-order valence-corrected chi connectivity index (χ0v) is 8.83. The van der Waals surface area contributed by atoms with E-state index in [4.69, 9.17) is 0 Å². The van der Waals surface area contributed by atoms with Gasteiger partial charge in [-0.25, -0.2) is 0 Å². The fraction of sp³-hybridized carbons (Fsp3) is 0.500. The van der Waals surface area contributed by atoms with Gasteiger partial charge in [0.25, 0.3) is 0 Å². The maximum absolute atomic E-state index is 2.25. The van der Waals surface area contributed by atoms with Crippen molar-refractivity contribution in [2.75, 3.05) is 20.6 Å². The summed E-state index contributed by atoms with van der Waals surface area (Å²) < 4.78 is 0. The summed E-state index contributed by atoms with van der Waals surface area (Å²) in [4.78, 5) is 2.25. The third kappa shape index (κ3) is 3.19. The van der Waals surface area contributed by atoms with E-state index in [1.54, 1.807) is 0 Å². The van der Waals surface area contributed by atoms with Crippen LogP contribution < -0.4 is 0 Å². The molecule has 1 heteroatoms. The van der Waals surface area contributed by atoms with Gasteiger partial charge in [0, 0.05) is 6.54 Å². The normalized spacial score (nSPS) is 13.2. The van der Waals surface area contributed by atoms with Crippen molar-refractivity contribution >= 4 is 0 Å². The van der Waals surface area contributed by atoms with E-state index < -0.39 is 0 Å². The first-order valence-electron chi connectivity index (χ1n) is 4.93. The highest BCUT2D eigenvalue weighted by Crippen LogP contribution is 2.19. The van der Waals surface area contributed by atoms with E-state index in [2.05, 4.69) is 56.3 Å². The molecule has 1 aromatic carbocycles. The molecule has 0 bridgehead atoms. The number of benzene rings is 1. The molecule has 0 spiro atoms. The van der Waals surface area contributed by atoms with E-state index in [1.807, 2.05) is 0 Å². The van der Waals surface area contributed by atoms with Crippen molar-refractivity contribution in [1.82, 2.24) is 4.90 Å². The van der Waals surface area contributed by atoms with Gasteiger partial charge in [0.1, 0.15) is 0 Å². The van der Waals surface area contributed by atoms with Crippen LogP contribution in [-0.4, -0.2) is 25.5 Å². The van der Waals surface area contributed by atoms with Crippen LogP contribution in [0.25, 0.3) is 0 Å². The van der Waals surface area contributed by atoms with Gasteiger partial charge < -0.3 is 4.90 Å². The van der Waals surface area contributed by atoms with Gasteiger partial charge in [-0.05, 0) is 32.0 Å². The number of hydrogen-bond donors (Lipinski definition) is 0. The Bertz CT molecular complexity index is 228. The van der Waals surface area contributed by atoms with Crippen LogP contribution in [0.1, 0.15) is 24.8 Å². The lowest BCUT2D eigenvalue weighted by atomic mass is 9.96. The first-order chi connectivity index (χ1) is 6.24. The summed E-state index contributed by atoms with van der Waals surface area (Å²) in [5, 5.41) is 0. The minimum Gasteiger partial charge on any atom is -0.309 e. The van der Waals surface area contributed by atoms with Gasteiger partial charge >= 0.3 is 0 Å². The molecular formula is C12H19N. The lowest BCUT2D eigenvalue weighted by molar-refractivity contribution is 0.368. The minimum atomic E-state index is 0.677. The average molecular weight is 177 g/mol. The molecule has 0 aliphatic heterocycles. The lowest BCUT2D eigenvalue weighted by Gasteiger charge is -2.19. The van der Waals surface area contributed by atoms with E-state index in [1.165, 1.54) is 12.0 Å². The van der Waals surface area contributed by atoms with Crippen molar-refractivity contribution < 1.29 is 0 Å². The molecule has 0 fully saturated rings. The number of likely N-dealkylation sites (N-methyl/N-ethyl adjacent to an activating group) is 1. The van der Waals surface area contributed by atoms with Crippen molar-refractivity contribution in [2.24, 2.45) is 0 Å². The van der Waals surface area contributed by atoms with Crippen LogP contribution in [0.3, 0.4) is 0 Å². The predicted molar refractivity (Wildman–Crippen MR) is 58.0 cm³/mol. The van der Waals surface area contributed by atoms with Crippen LogP contribution in [0.2, 0.25) is 0 Å². The maximum Gasteiger partial charge on any atom is 0.00441 e. The lowest BCUT2D eigenvalue weighted by Crippen LogP contribution is -2.19. The Labute approximate surface area is 81.4 Å². The summed E-state index contributed by atoms with van der Waals surface area (Å²) in [6.07, 6.45) is 1.21. The average Bonchev–Trinajstić information content (AvgIpc) is 2.15. The second kappa shape index (κ2) is 5.03. The summed E-state index contributed by atoms with van der Waals surface area (Å²) >= 11 is 0. The molecule has 0 heterocycles. The fourth-order valence-corrected chi connectivity index (χ4v) is 1.64. The van der Waals surface area contributed by atoms with Crippen molar-refractivity contribution in [2.45, 2.75) is 19.3 Å². The van der Waals surface area contributed by atoms with Gasteiger partial charge in [0.2, 0.25) is 0 Å². The Hall–Kier alpha value is -0.820. The molecule has 1 nitrogen and oxygen atoms in total. The van der Waals surface area contributed by atoms with Crippen molar-refractivity contribution in [3.8, 4) is 0 Å². The third-order valence-corrected chi connectivity index (χ3v) is 2.35. The van der Waals surface area contributed by atoms with Crippen molar-refractivity contribution in [3.63, 3.8) is 0 Å². The Morgan fingerprint density at radius 1 is 1.15 bits per heavy atom. The molecule has 0 saturated heterocycles. The largest absolute Gasteiger partial charge is 0.309 e.